The van der Waals surface area contributed by atoms with Crippen LogP contribution >= 0.6 is 0 Å². The van der Waals surface area contributed by atoms with Crippen LogP contribution in [0.15, 0.2) is 0 Å². The lowest BCUT2D eigenvalue weighted by Crippen LogP contribution is -2.37. The number of nitrogens with zero attached hydrogens (tertiary/aromatic N) is 1. The van der Waals surface area contributed by atoms with E-state index in [0.717, 1.165) is 12.5 Å². The van der Waals surface area contributed by atoms with Gasteiger partial charge in [0.15, 0.2) is 0 Å². The molecule has 0 aromatic rings. The molecule has 1 saturated heterocycles. The lowest BCUT2D eigenvalue weighted by Gasteiger charge is -2.27. The fourth-order valence-electron chi connectivity index (χ4n) is 2.10. The Bertz CT molecular complexity index is 155. The molecule has 2 aliphatic rings. The van der Waals surface area contributed by atoms with Crippen molar-refractivity contribution in [1.29, 1.82) is 0 Å². The van der Waals surface area contributed by atoms with Gasteiger partial charge in [0, 0.05) is 25.7 Å². The van der Waals surface area contributed by atoms with Gasteiger partial charge < -0.3 is 4.74 Å². The molecular weight excluding hydrogens is 162 g/mol. The molecule has 13 heavy (non-hydrogen) atoms. The van der Waals surface area contributed by atoms with Gasteiger partial charge in [0.05, 0.1) is 6.10 Å². The second-order valence-corrected chi connectivity index (χ2v) is 4.69. The van der Waals surface area contributed by atoms with Crippen LogP contribution in [0.25, 0.3) is 0 Å². The summed E-state index contributed by atoms with van der Waals surface area (Å²) in [7, 11) is 0. The summed E-state index contributed by atoms with van der Waals surface area (Å²) in [5.41, 5.74) is 0. The summed E-state index contributed by atoms with van der Waals surface area (Å²) < 4.78 is 5.87. The van der Waals surface area contributed by atoms with E-state index in [1.54, 1.807) is 0 Å². The van der Waals surface area contributed by atoms with Gasteiger partial charge in [-0.1, -0.05) is 0 Å². The highest BCUT2D eigenvalue weighted by molar-refractivity contribution is 4.86. The van der Waals surface area contributed by atoms with Crippen LogP contribution in [0.4, 0.5) is 0 Å². The average Bonchev–Trinajstić information content (AvgIpc) is 2.91. The molecule has 2 nitrogen and oxygen atoms in total. The van der Waals surface area contributed by atoms with E-state index in [0.29, 0.717) is 12.1 Å². The first kappa shape index (κ1) is 9.47. The Kier molecular flexibility index (Phi) is 2.89. The van der Waals surface area contributed by atoms with Crippen LogP contribution < -0.4 is 0 Å². The molecule has 2 rings (SSSR count). The smallest absolute Gasteiger partial charge is 0.0730 e. The Morgan fingerprint density at radius 2 is 2.08 bits per heavy atom. The average molecular weight is 183 g/mol. The number of hydrogen-bond donors (Lipinski definition) is 0. The molecule has 1 heterocycles. The van der Waals surface area contributed by atoms with Crippen LogP contribution in [0.1, 0.15) is 33.1 Å². The van der Waals surface area contributed by atoms with E-state index in [1.165, 1.54) is 32.4 Å². The van der Waals surface area contributed by atoms with Crippen molar-refractivity contribution in [2.75, 3.05) is 19.7 Å². The third-order valence-electron chi connectivity index (χ3n) is 3.21. The molecule has 0 radical (unpaired) electrons. The molecule has 0 unspecified atom stereocenters. The first-order chi connectivity index (χ1) is 6.27. The maximum absolute atomic E-state index is 5.87. The predicted molar refractivity (Wildman–Crippen MR) is 53.8 cm³/mol. The second-order valence-electron chi connectivity index (χ2n) is 4.69. The first-order valence-corrected chi connectivity index (χ1v) is 5.63. The van der Waals surface area contributed by atoms with Gasteiger partial charge in [-0.2, -0.15) is 0 Å². The van der Waals surface area contributed by atoms with Crippen molar-refractivity contribution in [3.05, 3.63) is 0 Å². The standard InChI is InChI=1S/C11H21NO/c1-9(2)12-6-3-7-13-11(8-12)10-4-5-10/h9-11H,3-8H2,1-2H3/t11-/m0/s1. The highest BCUT2D eigenvalue weighted by atomic mass is 16.5. The molecule has 2 fully saturated rings. The Morgan fingerprint density at radius 1 is 1.31 bits per heavy atom. The second kappa shape index (κ2) is 3.97. The van der Waals surface area contributed by atoms with Crippen molar-refractivity contribution in [3.63, 3.8) is 0 Å². The Labute approximate surface area is 81.3 Å². The molecule has 2 heteroatoms. The molecule has 1 aliphatic carbocycles. The van der Waals surface area contributed by atoms with Gasteiger partial charge >= 0.3 is 0 Å². The number of hydrogen-bond acceptors (Lipinski definition) is 2. The molecule has 1 atom stereocenters. The summed E-state index contributed by atoms with van der Waals surface area (Å²) in [6.45, 7) is 7.94. The molecule has 76 valence electrons. The van der Waals surface area contributed by atoms with Gasteiger partial charge in [0.1, 0.15) is 0 Å². The summed E-state index contributed by atoms with van der Waals surface area (Å²) in [5.74, 6) is 0.888. The van der Waals surface area contributed by atoms with Crippen molar-refractivity contribution < 1.29 is 4.74 Å². The molecule has 1 aliphatic heterocycles. The summed E-state index contributed by atoms with van der Waals surface area (Å²) >= 11 is 0. The number of ether oxygens (including phenoxy) is 1. The van der Waals surface area contributed by atoms with Crippen LogP contribution in [-0.4, -0.2) is 36.7 Å². The lowest BCUT2D eigenvalue weighted by atomic mass is 10.2. The molecule has 0 N–H and O–H groups in total. The van der Waals surface area contributed by atoms with Gasteiger partial charge in [0.25, 0.3) is 0 Å². The maximum Gasteiger partial charge on any atom is 0.0730 e. The van der Waals surface area contributed by atoms with Crippen molar-refractivity contribution in [2.45, 2.75) is 45.3 Å². The van der Waals surface area contributed by atoms with Crippen molar-refractivity contribution >= 4 is 0 Å². The third-order valence-corrected chi connectivity index (χ3v) is 3.21. The quantitative estimate of drug-likeness (QED) is 0.648. The largest absolute Gasteiger partial charge is 0.377 e. The zero-order valence-electron chi connectivity index (χ0n) is 8.83. The lowest BCUT2D eigenvalue weighted by molar-refractivity contribution is 0.0352. The van der Waals surface area contributed by atoms with E-state index in [9.17, 15) is 0 Å². The molecular formula is C11H21NO. The minimum atomic E-state index is 0.546. The van der Waals surface area contributed by atoms with Crippen LogP contribution in [-0.2, 0) is 4.74 Å². The minimum Gasteiger partial charge on any atom is -0.377 e. The summed E-state index contributed by atoms with van der Waals surface area (Å²) in [4.78, 5) is 2.57. The van der Waals surface area contributed by atoms with E-state index in [2.05, 4.69) is 18.7 Å². The monoisotopic (exact) mass is 183 g/mol. The minimum absolute atomic E-state index is 0.546. The fraction of sp³-hybridized carbons (Fsp3) is 1.00. The van der Waals surface area contributed by atoms with E-state index >= 15 is 0 Å². The van der Waals surface area contributed by atoms with E-state index in [-0.39, 0.29) is 0 Å². The molecule has 0 spiro atoms. The van der Waals surface area contributed by atoms with Crippen molar-refractivity contribution in [3.8, 4) is 0 Å². The van der Waals surface area contributed by atoms with Gasteiger partial charge in [0.2, 0.25) is 0 Å². The van der Waals surface area contributed by atoms with Crippen LogP contribution in [0.2, 0.25) is 0 Å². The molecule has 0 aromatic heterocycles. The topological polar surface area (TPSA) is 12.5 Å². The van der Waals surface area contributed by atoms with E-state index in [4.69, 9.17) is 4.74 Å². The number of rotatable bonds is 2. The summed E-state index contributed by atoms with van der Waals surface area (Å²) in [5, 5.41) is 0. The zero-order chi connectivity index (χ0) is 9.26. The normalized spacial score (nSPS) is 32.1. The van der Waals surface area contributed by atoms with E-state index in [1.807, 2.05) is 0 Å². The fourth-order valence-corrected chi connectivity index (χ4v) is 2.10. The zero-order valence-corrected chi connectivity index (χ0v) is 8.83. The molecule has 0 amide bonds. The van der Waals surface area contributed by atoms with Crippen LogP contribution in [0.3, 0.4) is 0 Å². The Hall–Kier alpha value is -0.0800. The Balaban J connectivity index is 1.89. The van der Waals surface area contributed by atoms with Crippen LogP contribution in [0.5, 0.6) is 0 Å². The van der Waals surface area contributed by atoms with Gasteiger partial charge in [-0.05, 0) is 39.0 Å². The van der Waals surface area contributed by atoms with Crippen LogP contribution in [0, 0.1) is 5.92 Å². The molecule has 0 aromatic carbocycles. The third kappa shape index (κ3) is 2.44. The molecule has 1 saturated carbocycles. The van der Waals surface area contributed by atoms with Crippen molar-refractivity contribution in [1.82, 2.24) is 4.90 Å². The highest BCUT2D eigenvalue weighted by Gasteiger charge is 2.34. The SMILES string of the molecule is CC(C)N1CCCO[C@H](C2CC2)C1. The maximum atomic E-state index is 5.87. The summed E-state index contributed by atoms with van der Waals surface area (Å²) in [6.07, 6.45) is 4.55. The van der Waals surface area contributed by atoms with Gasteiger partial charge in [-0.25, -0.2) is 0 Å². The van der Waals surface area contributed by atoms with Crippen molar-refractivity contribution in [2.24, 2.45) is 5.92 Å². The highest BCUT2D eigenvalue weighted by Crippen LogP contribution is 2.35. The summed E-state index contributed by atoms with van der Waals surface area (Å²) in [6, 6.07) is 0.683. The predicted octanol–water partition coefficient (Wildman–Crippen LogP) is 1.90. The van der Waals surface area contributed by atoms with Gasteiger partial charge in [-0.15, -0.1) is 0 Å². The molecule has 0 bridgehead atoms. The van der Waals surface area contributed by atoms with E-state index < -0.39 is 0 Å². The van der Waals surface area contributed by atoms with Gasteiger partial charge in [-0.3, -0.25) is 4.90 Å². The first-order valence-electron chi connectivity index (χ1n) is 5.63. The Morgan fingerprint density at radius 3 is 2.69 bits per heavy atom.